The lowest BCUT2D eigenvalue weighted by atomic mass is 9.85. The number of carboxylic acid groups (broad SMARTS) is 1. The van der Waals surface area contributed by atoms with Gasteiger partial charge in [0.2, 0.25) is 0 Å². The lowest BCUT2D eigenvalue weighted by molar-refractivity contribution is 0.123. The zero-order valence-electron chi connectivity index (χ0n) is 12.7. The van der Waals surface area contributed by atoms with E-state index < -0.39 is 6.09 Å². The van der Waals surface area contributed by atoms with Gasteiger partial charge in [-0.1, -0.05) is 0 Å². The summed E-state index contributed by atoms with van der Waals surface area (Å²) in [4.78, 5) is 21.5. The molecule has 1 aliphatic carbocycles. The van der Waals surface area contributed by atoms with Gasteiger partial charge in [-0.15, -0.1) is 0 Å². The molecule has 1 fully saturated rings. The summed E-state index contributed by atoms with van der Waals surface area (Å²) >= 11 is 3.53. The zero-order valence-corrected chi connectivity index (χ0v) is 14.2. The van der Waals surface area contributed by atoms with Crippen molar-refractivity contribution in [3.63, 3.8) is 0 Å². The fraction of sp³-hybridized carbons (Fsp3) is 0.533. The van der Waals surface area contributed by atoms with Crippen molar-refractivity contribution in [2.45, 2.75) is 44.6 Å². The third kappa shape index (κ3) is 2.58. The van der Waals surface area contributed by atoms with Crippen molar-refractivity contribution in [2.24, 2.45) is 0 Å². The smallest absolute Gasteiger partial charge is 0.407 e. The number of rotatable bonds is 2. The van der Waals surface area contributed by atoms with Crippen LogP contribution >= 0.6 is 15.9 Å². The summed E-state index contributed by atoms with van der Waals surface area (Å²) < 4.78 is 2.94. The fourth-order valence-corrected chi connectivity index (χ4v) is 3.99. The Morgan fingerprint density at radius 2 is 2.09 bits per heavy atom. The maximum Gasteiger partial charge on any atom is 0.407 e. The highest BCUT2D eigenvalue weighted by Crippen LogP contribution is 2.36. The first kappa shape index (κ1) is 15.3. The van der Waals surface area contributed by atoms with Gasteiger partial charge < -0.3 is 10.0 Å². The number of hydrogen-bond donors (Lipinski definition) is 1. The van der Waals surface area contributed by atoms with Gasteiger partial charge in [-0.25, -0.2) is 9.78 Å². The molecular weight excluding hydrogens is 348 g/mol. The third-order valence-corrected chi connectivity index (χ3v) is 5.19. The Morgan fingerprint density at radius 3 is 2.73 bits per heavy atom. The molecule has 0 unspecified atom stereocenters. The van der Waals surface area contributed by atoms with E-state index in [2.05, 4.69) is 30.3 Å². The van der Waals surface area contributed by atoms with Crippen LogP contribution in [0.1, 0.15) is 43.1 Å². The molecule has 3 rings (SSSR count). The van der Waals surface area contributed by atoms with Gasteiger partial charge in [-0.3, -0.25) is 9.38 Å². The van der Waals surface area contributed by atoms with E-state index in [1.54, 1.807) is 13.2 Å². The third-order valence-electron chi connectivity index (χ3n) is 4.63. The number of halogens is 1. The molecule has 1 aliphatic rings. The second-order valence-electron chi connectivity index (χ2n) is 5.89. The number of carbonyl (C=O) groups is 1. The van der Waals surface area contributed by atoms with Crippen molar-refractivity contribution in [3.8, 4) is 0 Å². The predicted molar refractivity (Wildman–Crippen MR) is 86.2 cm³/mol. The summed E-state index contributed by atoms with van der Waals surface area (Å²) in [5.74, 6) is 1.41. The lowest BCUT2D eigenvalue weighted by Crippen LogP contribution is -2.38. The molecule has 0 saturated heterocycles. The molecule has 1 amide bonds. The molecule has 6 nitrogen and oxygen atoms in total. The van der Waals surface area contributed by atoms with Gasteiger partial charge >= 0.3 is 6.09 Å². The summed E-state index contributed by atoms with van der Waals surface area (Å²) in [5.41, 5.74) is 1.97. The number of aryl methyl sites for hydroxylation is 1. The standard InChI is InChI=1S/C15H19BrN4O2/c1-9-12-13(16)18-14(20(12)8-7-17-9)10-3-5-11(6-4-10)19(2)15(21)22/h7-8,10-11H,3-6H2,1-2H3,(H,21,22)/t10-,11-. The molecule has 2 aromatic heterocycles. The molecule has 0 bridgehead atoms. The Kier molecular flexibility index (Phi) is 4.08. The highest BCUT2D eigenvalue weighted by Gasteiger charge is 2.29. The predicted octanol–water partition coefficient (Wildman–Crippen LogP) is 3.44. The number of nitrogens with zero attached hydrogens (tertiary/aromatic N) is 4. The minimum Gasteiger partial charge on any atom is -0.465 e. The molecule has 2 heterocycles. The molecule has 1 saturated carbocycles. The number of aromatic nitrogens is 3. The Labute approximate surface area is 137 Å². The zero-order chi connectivity index (χ0) is 15.9. The van der Waals surface area contributed by atoms with E-state index in [0.29, 0.717) is 5.92 Å². The van der Waals surface area contributed by atoms with Crippen LogP contribution in [0.3, 0.4) is 0 Å². The van der Waals surface area contributed by atoms with Crippen molar-refractivity contribution in [3.05, 3.63) is 28.5 Å². The number of fused-ring (bicyclic) bond motifs is 1. The first-order valence-electron chi connectivity index (χ1n) is 7.44. The van der Waals surface area contributed by atoms with Gasteiger partial charge in [0.25, 0.3) is 0 Å². The largest absolute Gasteiger partial charge is 0.465 e. The van der Waals surface area contributed by atoms with Gasteiger partial charge in [-0.05, 0) is 48.5 Å². The summed E-state index contributed by atoms with van der Waals surface area (Å²) in [5, 5.41) is 9.09. The topological polar surface area (TPSA) is 70.7 Å². The van der Waals surface area contributed by atoms with E-state index >= 15 is 0 Å². The number of hydrogen-bond acceptors (Lipinski definition) is 3. The molecule has 0 radical (unpaired) electrons. The normalized spacial score (nSPS) is 22.0. The van der Waals surface area contributed by atoms with E-state index in [1.807, 2.05) is 13.1 Å². The molecule has 0 aliphatic heterocycles. The van der Waals surface area contributed by atoms with Gasteiger partial charge in [-0.2, -0.15) is 0 Å². The van der Waals surface area contributed by atoms with Crippen LogP contribution in [0.4, 0.5) is 4.79 Å². The minimum atomic E-state index is -0.848. The molecule has 0 aromatic carbocycles. The first-order valence-corrected chi connectivity index (χ1v) is 8.23. The van der Waals surface area contributed by atoms with Crippen molar-refractivity contribution in [1.82, 2.24) is 19.3 Å². The summed E-state index contributed by atoms with van der Waals surface area (Å²) in [6.45, 7) is 1.98. The van der Waals surface area contributed by atoms with Gasteiger partial charge in [0.05, 0.1) is 5.69 Å². The van der Waals surface area contributed by atoms with E-state index in [4.69, 9.17) is 5.11 Å². The number of amides is 1. The quantitative estimate of drug-likeness (QED) is 0.883. The Balaban J connectivity index is 1.83. The molecular formula is C15H19BrN4O2. The minimum absolute atomic E-state index is 0.117. The maximum absolute atomic E-state index is 11.1. The molecule has 1 N–H and O–H groups in total. The number of imidazole rings is 1. The average Bonchev–Trinajstić information content (AvgIpc) is 2.85. The molecule has 0 atom stereocenters. The van der Waals surface area contributed by atoms with Crippen LogP contribution in [-0.4, -0.2) is 43.6 Å². The van der Waals surface area contributed by atoms with Crippen LogP contribution in [0, 0.1) is 6.92 Å². The van der Waals surface area contributed by atoms with Crippen LogP contribution < -0.4 is 0 Å². The van der Waals surface area contributed by atoms with Crippen molar-refractivity contribution in [1.29, 1.82) is 0 Å². The Morgan fingerprint density at radius 1 is 1.41 bits per heavy atom. The van der Waals surface area contributed by atoms with Crippen molar-refractivity contribution >= 4 is 27.5 Å². The van der Waals surface area contributed by atoms with E-state index in [-0.39, 0.29) is 6.04 Å². The van der Waals surface area contributed by atoms with Crippen LogP contribution in [0.25, 0.3) is 5.52 Å². The summed E-state index contributed by atoms with van der Waals surface area (Å²) in [7, 11) is 1.66. The Hall–Kier alpha value is -1.63. The van der Waals surface area contributed by atoms with Gasteiger partial charge in [0, 0.05) is 31.4 Å². The second-order valence-corrected chi connectivity index (χ2v) is 6.64. The molecule has 118 valence electrons. The highest BCUT2D eigenvalue weighted by molar-refractivity contribution is 9.10. The summed E-state index contributed by atoms with van der Waals surface area (Å²) in [6.07, 6.45) is 6.56. The second kappa shape index (κ2) is 5.87. The first-order chi connectivity index (χ1) is 10.5. The van der Waals surface area contributed by atoms with Crippen LogP contribution in [0.15, 0.2) is 17.0 Å². The van der Waals surface area contributed by atoms with E-state index in [0.717, 1.165) is 47.3 Å². The molecule has 2 aromatic rings. The van der Waals surface area contributed by atoms with E-state index in [9.17, 15) is 4.79 Å². The van der Waals surface area contributed by atoms with Crippen LogP contribution in [-0.2, 0) is 0 Å². The van der Waals surface area contributed by atoms with Gasteiger partial charge in [0.1, 0.15) is 15.9 Å². The maximum atomic E-state index is 11.1. The monoisotopic (exact) mass is 366 g/mol. The van der Waals surface area contributed by atoms with Crippen molar-refractivity contribution < 1.29 is 9.90 Å². The Bertz CT molecular complexity index is 707. The van der Waals surface area contributed by atoms with Crippen molar-refractivity contribution in [2.75, 3.05) is 7.05 Å². The molecule has 7 heteroatoms. The van der Waals surface area contributed by atoms with Gasteiger partial charge in [0.15, 0.2) is 0 Å². The lowest BCUT2D eigenvalue weighted by Gasteiger charge is -2.32. The SMILES string of the molecule is Cc1nccn2c1c(Br)nc2[C@H]1CC[C@H](N(C)C(=O)O)CC1. The van der Waals surface area contributed by atoms with Crippen LogP contribution in [0.2, 0.25) is 0 Å². The van der Waals surface area contributed by atoms with Crippen LogP contribution in [0.5, 0.6) is 0 Å². The van der Waals surface area contributed by atoms with E-state index in [1.165, 1.54) is 4.90 Å². The summed E-state index contributed by atoms with van der Waals surface area (Å²) in [6, 6.07) is 0.117. The molecule has 22 heavy (non-hydrogen) atoms. The average molecular weight is 367 g/mol. The fourth-order valence-electron chi connectivity index (χ4n) is 3.33. The highest BCUT2D eigenvalue weighted by atomic mass is 79.9. The molecule has 0 spiro atoms.